The molecule has 0 radical (unpaired) electrons. The first-order valence-corrected chi connectivity index (χ1v) is 10.4. The molecular formula is C22H29N5O3. The number of carbonyl (C=O) groups excluding carboxylic acids is 3. The molecule has 0 spiro atoms. The highest BCUT2D eigenvalue weighted by Crippen LogP contribution is 2.18. The van der Waals surface area contributed by atoms with E-state index in [0.29, 0.717) is 37.2 Å². The van der Waals surface area contributed by atoms with Crippen LogP contribution in [0, 0.1) is 6.92 Å². The quantitative estimate of drug-likeness (QED) is 0.729. The van der Waals surface area contributed by atoms with Gasteiger partial charge in [-0.1, -0.05) is 12.5 Å². The second-order valence-corrected chi connectivity index (χ2v) is 7.73. The summed E-state index contributed by atoms with van der Waals surface area (Å²) in [6, 6.07) is 5.22. The molecule has 0 atom stereocenters. The highest BCUT2D eigenvalue weighted by Gasteiger charge is 2.19. The molecular weight excluding hydrogens is 382 g/mol. The van der Waals surface area contributed by atoms with Crippen molar-refractivity contribution in [3.05, 3.63) is 47.3 Å². The minimum atomic E-state index is -0.248. The van der Waals surface area contributed by atoms with Gasteiger partial charge in [-0.2, -0.15) is 5.10 Å². The smallest absolute Gasteiger partial charge is 0.251 e. The van der Waals surface area contributed by atoms with Gasteiger partial charge in [0.15, 0.2) is 0 Å². The molecule has 160 valence electrons. The standard InChI is InChI=1S/C22H29N5O3/c1-16-7-8-18(22(30)23-10-9-17-13-24-26(2)14-17)12-19(16)25-20(28)15-27-11-5-3-4-6-21(27)29/h7-8,12-14H,3-6,9-11,15H2,1-2H3,(H,23,30)(H,25,28). The van der Waals surface area contributed by atoms with Crippen LogP contribution in [0.15, 0.2) is 30.6 Å². The molecule has 8 heteroatoms. The molecule has 1 aliphatic rings. The van der Waals surface area contributed by atoms with Crippen molar-refractivity contribution in [2.24, 2.45) is 7.05 Å². The third kappa shape index (κ3) is 5.92. The molecule has 0 saturated carbocycles. The number of benzene rings is 1. The number of aryl methyl sites for hydroxylation is 2. The van der Waals surface area contributed by atoms with Crippen LogP contribution in [-0.4, -0.2) is 52.0 Å². The predicted molar refractivity (Wildman–Crippen MR) is 114 cm³/mol. The van der Waals surface area contributed by atoms with Gasteiger partial charge in [0.25, 0.3) is 5.91 Å². The van der Waals surface area contributed by atoms with Crippen LogP contribution in [0.4, 0.5) is 5.69 Å². The first-order valence-electron chi connectivity index (χ1n) is 10.4. The Morgan fingerprint density at radius 2 is 2.03 bits per heavy atom. The van der Waals surface area contributed by atoms with Gasteiger partial charge in [0.1, 0.15) is 0 Å². The van der Waals surface area contributed by atoms with Gasteiger partial charge in [0.2, 0.25) is 11.8 Å². The lowest BCUT2D eigenvalue weighted by molar-refractivity contribution is -0.134. The number of nitrogens with zero attached hydrogens (tertiary/aromatic N) is 3. The summed E-state index contributed by atoms with van der Waals surface area (Å²) in [7, 11) is 1.85. The lowest BCUT2D eigenvalue weighted by atomic mass is 10.1. The Bertz CT molecular complexity index is 921. The van der Waals surface area contributed by atoms with Gasteiger partial charge in [-0.05, 0) is 49.4 Å². The summed E-state index contributed by atoms with van der Waals surface area (Å²) in [6.07, 6.45) is 7.71. The maximum atomic E-state index is 12.5. The molecule has 2 aromatic rings. The van der Waals surface area contributed by atoms with E-state index in [-0.39, 0.29) is 24.3 Å². The minimum absolute atomic E-state index is 0.0288. The van der Waals surface area contributed by atoms with E-state index < -0.39 is 0 Å². The summed E-state index contributed by atoms with van der Waals surface area (Å²) in [6.45, 7) is 3.03. The number of anilines is 1. The molecule has 8 nitrogen and oxygen atoms in total. The Hall–Kier alpha value is -3.16. The average Bonchev–Trinajstić information content (AvgIpc) is 3.02. The van der Waals surface area contributed by atoms with E-state index in [9.17, 15) is 14.4 Å². The van der Waals surface area contributed by atoms with Gasteiger partial charge in [-0.15, -0.1) is 0 Å². The van der Waals surface area contributed by atoms with E-state index in [1.807, 2.05) is 26.2 Å². The van der Waals surface area contributed by atoms with Crippen molar-refractivity contribution in [3.8, 4) is 0 Å². The summed E-state index contributed by atoms with van der Waals surface area (Å²) in [5.41, 5.74) is 2.98. The van der Waals surface area contributed by atoms with E-state index in [0.717, 1.165) is 30.4 Å². The number of nitrogens with one attached hydrogen (secondary N) is 2. The fourth-order valence-corrected chi connectivity index (χ4v) is 3.49. The van der Waals surface area contributed by atoms with Crippen LogP contribution in [0.3, 0.4) is 0 Å². The van der Waals surface area contributed by atoms with Gasteiger partial charge in [-0.3, -0.25) is 19.1 Å². The molecule has 1 fully saturated rings. The first-order chi connectivity index (χ1) is 14.4. The number of amides is 3. The molecule has 0 bridgehead atoms. The molecule has 0 unspecified atom stereocenters. The van der Waals surface area contributed by atoms with Crippen molar-refractivity contribution in [2.75, 3.05) is 25.0 Å². The van der Waals surface area contributed by atoms with Gasteiger partial charge in [0, 0.05) is 44.0 Å². The molecule has 30 heavy (non-hydrogen) atoms. The highest BCUT2D eigenvalue weighted by atomic mass is 16.2. The second-order valence-electron chi connectivity index (χ2n) is 7.73. The van der Waals surface area contributed by atoms with E-state index >= 15 is 0 Å². The van der Waals surface area contributed by atoms with Crippen LogP contribution in [0.5, 0.6) is 0 Å². The topological polar surface area (TPSA) is 96.3 Å². The lowest BCUT2D eigenvalue weighted by Crippen LogP contribution is -2.37. The fraction of sp³-hybridized carbons (Fsp3) is 0.455. The second kappa shape index (κ2) is 10.0. The number of carbonyl (C=O) groups is 3. The third-order valence-corrected chi connectivity index (χ3v) is 5.24. The number of aromatic nitrogens is 2. The average molecular weight is 412 g/mol. The lowest BCUT2D eigenvalue weighted by Gasteiger charge is -2.20. The zero-order chi connectivity index (χ0) is 21.5. The van der Waals surface area contributed by atoms with Gasteiger partial charge in [0.05, 0.1) is 12.7 Å². The summed E-state index contributed by atoms with van der Waals surface area (Å²) in [5, 5.41) is 9.86. The Morgan fingerprint density at radius 3 is 2.80 bits per heavy atom. The highest BCUT2D eigenvalue weighted by molar-refractivity contribution is 5.99. The van der Waals surface area contributed by atoms with Crippen LogP contribution < -0.4 is 10.6 Å². The Balaban J connectivity index is 1.56. The van der Waals surface area contributed by atoms with E-state index in [2.05, 4.69) is 15.7 Å². The fourth-order valence-electron chi connectivity index (χ4n) is 3.49. The normalized spacial score (nSPS) is 14.3. The van der Waals surface area contributed by atoms with Crippen LogP contribution in [-0.2, 0) is 23.1 Å². The van der Waals surface area contributed by atoms with Crippen molar-refractivity contribution in [2.45, 2.75) is 39.0 Å². The largest absolute Gasteiger partial charge is 0.352 e. The van der Waals surface area contributed by atoms with Crippen molar-refractivity contribution >= 4 is 23.4 Å². The Labute approximate surface area is 176 Å². The van der Waals surface area contributed by atoms with Crippen LogP contribution in [0.25, 0.3) is 0 Å². The summed E-state index contributed by atoms with van der Waals surface area (Å²) in [4.78, 5) is 38.7. The van der Waals surface area contributed by atoms with E-state index in [1.165, 1.54) is 0 Å². The zero-order valence-electron chi connectivity index (χ0n) is 17.6. The molecule has 2 heterocycles. The van der Waals surface area contributed by atoms with Crippen LogP contribution >= 0.6 is 0 Å². The molecule has 3 rings (SSSR count). The maximum Gasteiger partial charge on any atom is 0.251 e. The van der Waals surface area contributed by atoms with Crippen molar-refractivity contribution in [3.63, 3.8) is 0 Å². The number of rotatable bonds is 7. The van der Waals surface area contributed by atoms with Crippen LogP contribution in [0.2, 0.25) is 0 Å². The molecule has 1 saturated heterocycles. The first kappa shape index (κ1) is 21.5. The van der Waals surface area contributed by atoms with E-state index in [4.69, 9.17) is 0 Å². The van der Waals surface area contributed by atoms with Gasteiger partial charge >= 0.3 is 0 Å². The number of hydrogen-bond donors (Lipinski definition) is 2. The molecule has 1 aromatic carbocycles. The van der Waals surface area contributed by atoms with Gasteiger partial charge < -0.3 is 15.5 Å². The SMILES string of the molecule is Cc1ccc(C(=O)NCCc2cnn(C)c2)cc1NC(=O)CN1CCCCCC1=O. The monoisotopic (exact) mass is 411 g/mol. The van der Waals surface area contributed by atoms with Gasteiger partial charge in [-0.25, -0.2) is 0 Å². The molecule has 0 aliphatic carbocycles. The molecule has 1 aliphatic heterocycles. The maximum absolute atomic E-state index is 12.5. The van der Waals surface area contributed by atoms with Crippen molar-refractivity contribution < 1.29 is 14.4 Å². The van der Waals surface area contributed by atoms with Crippen LogP contribution in [0.1, 0.15) is 47.2 Å². The summed E-state index contributed by atoms with van der Waals surface area (Å²) < 4.78 is 1.73. The summed E-state index contributed by atoms with van der Waals surface area (Å²) in [5.74, 6) is -0.416. The number of likely N-dealkylation sites (tertiary alicyclic amines) is 1. The Morgan fingerprint density at radius 1 is 1.20 bits per heavy atom. The molecule has 1 aromatic heterocycles. The van der Waals surface area contributed by atoms with Crippen molar-refractivity contribution in [1.29, 1.82) is 0 Å². The predicted octanol–water partition coefficient (Wildman–Crippen LogP) is 2.04. The summed E-state index contributed by atoms with van der Waals surface area (Å²) >= 11 is 0. The minimum Gasteiger partial charge on any atom is -0.352 e. The third-order valence-electron chi connectivity index (χ3n) is 5.24. The molecule has 3 amide bonds. The van der Waals surface area contributed by atoms with Crippen molar-refractivity contribution in [1.82, 2.24) is 20.0 Å². The zero-order valence-corrected chi connectivity index (χ0v) is 17.6. The van der Waals surface area contributed by atoms with E-state index in [1.54, 1.807) is 27.9 Å². The number of hydrogen-bond acceptors (Lipinski definition) is 4. The molecule has 2 N–H and O–H groups in total. The Kier molecular flexibility index (Phi) is 7.21.